The van der Waals surface area contributed by atoms with Gasteiger partial charge >= 0.3 is 0 Å². The van der Waals surface area contributed by atoms with Gasteiger partial charge in [0.05, 0.1) is 22.8 Å². The Balaban J connectivity index is 1.88. The zero-order valence-electron chi connectivity index (χ0n) is 13.8. The first-order chi connectivity index (χ1) is 11.5. The van der Waals surface area contributed by atoms with E-state index in [1.807, 2.05) is 11.8 Å². The molecule has 6 heteroatoms. The number of amides is 1. The normalized spacial score (nSPS) is 15.0. The second-order valence-electron chi connectivity index (χ2n) is 6.11. The number of anilines is 1. The van der Waals surface area contributed by atoms with Crippen molar-refractivity contribution in [2.24, 2.45) is 0 Å². The number of carbonyl (C=O) groups excluding carboxylic acids is 2. The number of ketones is 1. The predicted molar refractivity (Wildman–Crippen MR) is 90.8 cm³/mol. The van der Waals surface area contributed by atoms with Crippen LogP contribution in [0.5, 0.6) is 0 Å². The Morgan fingerprint density at radius 1 is 1.33 bits per heavy atom. The second-order valence-corrected chi connectivity index (χ2v) is 6.11. The number of aromatic nitrogens is 1. The summed E-state index contributed by atoms with van der Waals surface area (Å²) in [6.07, 6.45) is 3.05. The van der Waals surface area contributed by atoms with Gasteiger partial charge in [0.15, 0.2) is 5.78 Å². The molecule has 24 heavy (non-hydrogen) atoms. The highest BCUT2D eigenvalue weighted by molar-refractivity contribution is 6.00. The van der Waals surface area contributed by atoms with Crippen LogP contribution >= 0.6 is 0 Å². The number of rotatable bonds is 5. The van der Waals surface area contributed by atoms with E-state index >= 15 is 0 Å². The van der Waals surface area contributed by atoms with Crippen LogP contribution in [0.4, 0.5) is 10.1 Å². The molecule has 1 aliphatic rings. The van der Waals surface area contributed by atoms with E-state index in [2.05, 4.69) is 10.3 Å². The van der Waals surface area contributed by atoms with Crippen LogP contribution < -0.4 is 10.2 Å². The molecule has 3 rings (SSSR count). The molecular formula is C18H20FN3O2. The fraction of sp³-hybridized carbons (Fsp3) is 0.389. The van der Waals surface area contributed by atoms with E-state index in [0.717, 1.165) is 19.5 Å². The number of nitrogens with one attached hydrogen (secondary N) is 1. The highest BCUT2D eigenvalue weighted by Gasteiger charge is 2.20. The van der Waals surface area contributed by atoms with Crippen molar-refractivity contribution in [2.45, 2.75) is 32.7 Å². The lowest BCUT2D eigenvalue weighted by Gasteiger charge is -2.33. The lowest BCUT2D eigenvalue weighted by Crippen LogP contribution is -2.39. The number of hydrogen-bond donors (Lipinski definition) is 1. The number of Topliss-reactive ketones (excluding diaryl/α,β-unsaturated/α-hetero) is 1. The highest BCUT2D eigenvalue weighted by atomic mass is 19.1. The van der Waals surface area contributed by atoms with Gasteiger partial charge in [-0.2, -0.15) is 0 Å². The minimum absolute atomic E-state index is 0.0927. The second kappa shape index (κ2) is 6.55. The van der Waals surface area contributed by atoms with Gasteiger partial charge in [-0.3, -0.25) is 14.6 Å². The molecule has 0 unspecified atom stereocenters. The molecule has 0 spiro atoms. The van der Waals surface area contributed by atoms with Crippen molar-refractivity contribution in [1.29, 1.82) is 0 Å². The minimum Gasteiger partial charge on any atom is -0.369 e. The van der Waals surface area contributed by atoms with Crippen LogP contribution in [-0.4, -0.2) is 35.8 Å². The smallest absolute Gasteiger partial charge is 0.253 e. The molecular weight excluding hydrogens is 309 g/mol. The molecule has 0 saturated carbocycles. The zero-order valence-corrected chi connectivity index (χ0v) is 13.8. The topological polar surface area (TPSA) is 62.3 Å². The minimum atomic E-state index is -0.515. The first-order valence-electron chi connectivity index (χ1n) is 8.15. The van der Waals surface area contributed by atoms with Crippen molar-refractivity contribution in [1.82, 2.24) is 10.3 Å². The largest absolute Gasteiger partial charge is 0.369 e. The fourth-order valence-electron chi connectivity index (χ4n) is 2.79. The number of carbonyl (C=O) groups is 2. The molecule has 1 aliphatic heterocycles. The van der Waals surface area contributed by atoms with Gasteiger partial charge in [-0.15, -0.1) is 0 Å². The molecule has 1 N–H and O–H groups in total. The lowest BCUT2D eigenvalue weighted by molar-refractivity contribution is -0.118. The molecule has 1 amide bonds. The average molecular weight is 329 g/mol. The Morgan fingerprint density at radius 2 is 2.08 bits per heavy atom. The number of fused-ring (bicyclic) bond motifs is 1. The molecule has 0 bridgehead atoms. The van der Waals surface area contributed by atoms with Gasteiger partial charge in [-0.05, 0) is 38.0 Å². The van der Waals surface area contributed by atoms with E-state index in [9.17, 15) is 14.0 Å². The van der Waals surface area contributed by atoms with Crippen molar-refractivity contribution in [3.63, 3.8) is 0 Å². The van der Waals surface area contributed by atoms with Crippen LogP contribution in [0, 0.1) is 5.82 Å². The quantitative estimate of drug-likeness (QED) is 0.916. The van der Waals surface area contributed by atoms with Crippen LogP contribution in [0.15, 0.2) is 24.4 Å². The van der Waals surface area contributed by atoms with E-state index in [1.165, 1.54) is 19.2 Å². The number of hydrogen-bond acceptors (Lipinski definition) is 4. The van der Waals surface area contributed by atoms with Gasteiger partial charge in [0.2, 0.25) is 0 Å². The standard InChI is InChI=1S/C18H20FN3O2/c1-3-15(11(2)23)21-18(24)13-7-12-8-14(19)17(22-5-4-6-22)9-16(12)20-10-13/h7-10,15H,3-6H2,1-2H3,(H,21,24)/t15-/m0/s1. The van der Waals surface area contributed by atoms with Gasteiger partial charge in [-0.25, -0.2) is 4.39 Å². The summed E-state index contributed by atoms with van der Waals surface area (Å²) in [5.74, 6) is -0.778. The number of nitrogens with zero attached hydrogens (tertiary/aromatic N) is 2. The maximum absolute atomic E-state index is 14.3. The number of halogens is 1. The maximum atomic E-state index is 14.3. The fourth-order valence-corrected chi connectivity index (χ4v) is 2.79. The monoisotopic (exact) mass is 329 g/mol. The summed E-state index contributed by atoms with van der Waals surface area (Å²) in [6.45, 7) is 4.98. The van der Waals surface area contributed by atoms with Gasteiger partial charge in [0.25, 0.3) is 5.91 Å². The van der Waals surface area contributed by atoms with Crippen molar-refractivity contribution >= 4 is 28.3 Å². The molecule has 2 aromatic rings. The summed E-state index contributed by atoms with van der Waals surface area (Å²) in [5, 5.41) is 3.25. The molecule has 0 radical (unpaired) electrons. The molecule has 1 saturated heterocycles. The van der Waals surface area contributed by atoms with Gasteiger partial charge in [-0.1, -0.05) is 6.92 Å². The first-order valence-corrected chi connectivity index (χ1v) is 8.15. The Kier molecular flexibility index (Phi) is 4.46. The highest BCUT2D eigenvalue weighted by Crippen LogP contribution is 2.28. The van der Waals surface area contributed by atoms with Crippen LogP contribution in [-0.2, 0) is 4.79 Å². The Labute approximate surface area is 139 Å². The molecule has 1 atom stereocenters. The molecule has 5 nitrogen and oxygen atoms in total. The summed E-state index contributed by atoms with van der Waals surface area (Å²) < 4.78 is 14.3. The molecule has 1 aromatic heterocycles. The Morgan fingerprint density at radius 3 is 2.67 bits per heavy atom. The van der Waals surface area contributed by atoms with Crippen LogP contribution in [0.25, 0.3) is 10.9 Å². The number of pyridine rings is 1. The lowest BCUT2D eigenvalue weighted by atomic mass is 10.1. The van der Waals surface area contributed by atoms with Crippen LogP contribution in [0.2, 0.25) is 0 Å². The Bertz CT molecular complexity index is 802. The maximum Gasteiger partial charge on any atom is 0.253 e. The molecule has 2 heterocycles. The Hall–Kier alpha value is -2.50. The van der Waals surface area contributed by atoms with Gasteiger partial charge in [0, 0.05) is 24.7 Å². The summed E-state index contributed by atoms with van der Waals surface area (Å²) in [7, 11) is 0. The van der Waals surface area contributed by atoms with E-state index in [1.54, 1.807) is 12.1 Å². The summed E-state index contributed by atoms with van der Waals surface area (Å²) in [5.41, 5.74) is 1.52. The third kappa shape index (κ3) is 3.09. The number of benzene rings is 1. The van der Waals surface area contributed by atoms with Crippen molar-refractivity contribution < 1.29 is 14.0 Å². The van der Waals surface area contributed by atoms with Crippen molar-refractivity contribution in [3.8, 4) is 0 Å². The van der Waals surface area contributed by atoms with E-state index in [-0.39, 0.29) is 17.5 Å². The molecule has 1 fully saturated rings. The zero-order chi connectivity index (χ0) is 17.3. The third-order valence-electron chi connectivity index (χ3n) is 4.41. The van der Waals surface area contributed by atoms with Crippen LogP contribution in [0.3, 0.4) is 0 Å². The van der Waals surface area contributed by atoms with E-state index in [4.69, 9.17) is 0 Å². The average Bonchev–Trinajstić information content (AvgIpc) is 2.50. The molecule has 1 aromatic carbocycles. The summed E-state index contributed by atoms with van der Waals surface area (Å²) >= 11 is 0. The van der Waals surface area contributed by atoms with E-state index in [0.29, 0.717) is 28.6 Å². The van der Waals surface area contributed by atoms with Crippen molar-refractivity contribution in [3.05, 3.63) is 35.8 Å². The summed E-state index contributed by atoms with van der Waals surface area (Å²) in [6, 6.07) is 4.22. The van der Waals surface area contributed by atoms with Gasteiger partial charge in [0.1, 0.15) is 5.82 Å². The van der Waals surface area contributed by atoms with Crippen LogP contribution in [0.1, 0.15) is 37.0 Å². The first kappa shape index (κ1) is 16.4. The third-order valence-corrected chi connectivity index (χ3v) is 4.41. The van der Waals surface area contributed by atoms with Gasteiger partial charge < -0.3 is 10.2 Å². The SMILES string of the molecule is CC[C@H](NC(=O)c1cnc2cc(N3CCC3)c(F)cc2c1)C(C)=O. The van der Waals surface area contributed by atoms with Crippen molar-refractivity contribution in [2.75, 3.05) is 18.0 Å². The molecule has 0 aliphatic carbocycles. The van der Waals surface area contributed by atoms with E-state index < -0.39 is 6.04 Å². The summed E-state index contributed by atoms with van der Waals surface area (Å²) in [4.78, 5) is 30.0. The predicted octanol–water partition coefficient (Wildman–Crippen LogP) is 2.68. The molecule has 126 valence electrons.